The molecule has 6 heteroatoms. The predicted molar refractivity (Wildman–Crippen MR) is 86.2 cm³/mol. The van der Waals surface area contributed by atoms with Crippen molar-refractivity contribution >= 4 is 23.1 Å². The van der Waals surface area contributed by atoms with Crippen molar-refractivity contribution in [1.29, 1.82) is 0 Å². The van der Waals surface area contributed by atoms with Crippen LogP contribution in [0.5, 0.6) is 0 Å². The third-order valence-corrected chi connectivity index (χ3v) is 3.92. The SMILES string of the molecule is NC(=O)Nc1ccc(-c2csc(-c3cccc(F)c3)n2)cc1. The van der Waals surface area contributed by atoms with Gasteiger partial charge in [0.15, 0.2) is 0 Å². The number of carbonyl (C=O) groups is 1. The fraction of sp³-hybridized carbons (Fsp3) is 0. The molecule has 2 aromatic carbocycles. The van der Waals surface area contributed by atoms with Gasteiger partial charge in [-0.05, 0) is 24.3 Å². The van der Waals surface area contributed by atoms with E-state index in [1.807, 2.05) is 23.6 Å². The Labute approximate surface area is 130 Å². The molecule has 0 fully saturated rings. The summed E-state index contributed by atoms with van der Waals surface area (Å²) < 4.78 is 13.3. The first kappa shape index (κ1) is 14.2. The number of benzene rings is 2. The summed E-state index contributed by atoms with van der Waals surface area (Å²) in [5, 5.41) is 5.17. The normalized spacial score (nSPS) is 10.4. The van der Waals surface area contributed by atoms with Gasteiger partial charge in [0.25, 0.3) is 0 Å². The molecule has 4 nitrogen and oxygen atoms in total. The van der Waals surface area contributed by atoms with Gasteiger partial charge in [-0.1, -0.05) is 24.3 Å². The third-order valence-electron chi connectivity index (χ3n) is 3.02. The lowest BCUT2D eigenvalue weighted by molar-refractivity contribution is 0.259. The van der Waals surface area contributed by atoms with Crippen LogP contribution in [0, 0.1) is 5.82 Å². The summed E-state index contributed by atoms with van der Waals surface area (Å²) in [6, 6.07) is 12.9. The molecule has 22 heavy (non-hydrogen) atoms. The minimum Gasteiger partial charge on any atom is -0.351 e. The van der Waals surface area contributed by atoms with Crippen molar-refractivity contribution in [1.82, 2.24) is 4.98 Å². The van der Waals surface area contributed by atoms with Crippen molar-refractivity contribution < 1.29 is 9.18 Å². The molecule has 0 aliphatic rings. The standard InChI is InChI=1S/C16H12FN3OS/c17-12-3-1-2-11(8-12)15-20-14(9-22-15)10-4-6-13(7-5-10)19-16(18)21/h1-9H,(H3,18,19,21). The molecule has 0 saturated carbocycles. The van der Waals surface area contributed by atoms with Crippen LogP contribution in [0.1, 0.15) is 0 Å². The zero-order valence-corrected chi connectivity index (χ0v) is 12.2. The Hall–Kier alpha value is -2.73. The van der Waals surface area contributed by atoms with E-state index in [0.717, 1.165) is 21.8 Å². The maximum Gasteiger partial charge on any atom is 0.316 e. The molecule has 2 amide bonds. The number of anilines is 1. The van der Waals surface area contributed by atoms with Gasteiger partial charge in [0.2, 0.25) is 0 Å². The van der Waals surface area contributed by atoms with E-state index >= 15 is 0 Å². The van der Waals surface area contributed by atoms with Gasteiger partial charge in [0, 0.05) is 22.2 Å². The first-order valence-corrected chi connectivity index (χ1v) is 7.38. The van der Waals surface area contributed by atoms with Crippen molar-refractivity contribution in [2.75, 3.05) is 5.32 Å². The number of nitrogens with two attached hydrogens (primary N) is 1. The second-order valence-electron chi connectivity index (χ2n) is 4.61. The Bertz CT molecular complexity index is 814. The number of hydrogen-bond donors (Lipinski definition) is 2. The Kier molecular flexibility index (Phi) is 3.84. The third kappa shape index (κ3) is 3.12. The molecule has 0 saturated heterocycles. The highest BCUT2D eigenvalue weighted by Crippen LogP contribution is 2.29. The highest BCUT2D eigenvalue weighted by Gasteiger charge is 2.07. The largest absolute Gasteiger partial charge is 0.351 e. The lowest BCUT2D eigenvalue weighted by atomic mass is 10.1. The van der Waals surface area contributed by atoms with Crippen molar-refractivity contribution in [2.45, 2.75) is 0 Å². The monoisotopic (exact) mass is 313 g/mol. The van der Waals surface area contributed by atoms with Gasteiger partial charge in [-0.25, -0.2) is 14.2 Å². The van der Waals surface area contributed by atoms with Crippen LogP contribution >= 0.6 is 11.3 Å². The minimum absolute atomic E-state index is 0.281. The molecule has 0 atom stereocenters. The van der Waals surface area contributed by atoms with Crippen LogP contribution in [0.3, 0.4) is 0 Å². The Morgan fingerprint density at radius 2 is 1.91 bits per heavy atom. The Morgan fingerprint density at radius 1 is 1.14 bits per heavy atom. The van der Waals surface area contributed by atoms with E-state index in [1.165, 1.54) is 23.5 Å². The second-order valence-corrected chi connectivity index (χ2v) is 5.47. The predicted octanol–water partition coefficient (Wildman–Crippen LogP) is 4.11. The van der Waals surface area contributed by atoms with Gasteiger partial charge in [-0.3, -0.25) is 0 Å². The Morgan fingerprint density at radius 3 is 2.59 bits per heavy atom. The number of rotatable bonds is 3. The molecular formula is C16H12FN3OS. The van der Waals surface area contributed by atoms with E-state index in [9.17, 15) is 9.18 Å². The van der Waals surface area contributed by atoms with Crippen LogP contribution in [0.15, 0.2) is 53.9 Å². The zero-order chi connectivity index (χ0) is 15.5. The van der Waals surface area contributed by atoms with Crippen molar-refractivity contribution in [3.63, 3.8) is 0 Å². The van der Waals surface area contributed by atoms with Crippen molar-refractivity contribution in [3.05, 3.63) is 59.7 Å². The maximum absolute atomic E-state index is 13.3. The lowest BCUT2D eigenvalue weighted by Gasteiger charge is -2.02. The van der Waals surface area contributed by atoms with E-state index < -0.39 is 6.03 Å². The summed E-state index contributed by atoms with van der Waals surface area (Å²) in [4.78, 5) is 15.3. The molecule has 0 aliphatic heterocycles. The minimum atomic E-state index is -0.602. The van der Waals surface area contributed by atoms with Crippen LogP contribution in [0.2, 0.25) is 0 Å². The number of aromatic nitrogens is 1. The molecule has 0 bridgehead atoms. The van der Waals surface area contributed by atoms with Crippen molar-refractivity contribution in [2.24, 2.45) is 5.73 Å². The van der Waals surface area contributed by atoms with Gasteiger partial charge in [-0.2, -0.15) is 0 Å². The number of thiazole rings is 1. The lowest BCUT2D eigenvalue weighted by Crippen LogP contribution is -2.19. The fourth-order valence-corrected chi connectivity index (χ4v) is 2.85. The number of carbonyl (C=O) groups excluding carboxylic acids is 1. The van der Waals surface area contributed by atoms with Crippen LogP contribution in [0.25, 0.3) is 21.8 Å². The number of hydrogen-bond acceptors (Lipinski definition) is 3. The van der Waals surface area contributed by atoms with E-state index in [-0.39, 0.29) is 5.82 Å². The molecule has 110 valence electrons. The second kappa shape index (κ2) is 5.95. The van der Waals surface area contributed by atoms with Gasteiger partial charge in [0.05, 0.1) is 5.69 Å². The van der Waals surface area contributed by atoms with Crippen molar-refractivity contribution in [3.8, 4) is 21.8 Å². The zero-order valence-electron chi connectivity index (χ0n) is 11.4. The van der Waals surface area contributed by atoms with Crippen LogP contribution < -0.4 is 11.1 Å². The summed E-state index contributed by atoms with van der Waals surface area (Å²) in [5.74, 6) is -0.281. The average molecular weight is 313 g/mol. The van der Waals surface area contributed by atoms with Gasteiger partial charge < -0.3 is 11.1 Å². The molecule has 3 rings (SSSR count). The van der Waals surface area contributed by atoms with Crippen LogP contribution in [0.4, 0.5) is 14.9 Å². The molecule has 0 radical (unpaired) electrons. The molecule has 0 aliphatic carbocycles. The summed E-state index contributed by atoms with van der Waals surface area (Å²) in [6.45, 7) is 0. The summed E-state index contributed by atoms with van der Waals surface area (Å²) in [7, 11) is 0. The molecular weight excluding hydrogens is 301 g/mol. The molecule has 1 aromatic heterocycles. The summed E-state index contributed by atoms with van der Waals surface area (Å²) in [5.41, 5.74) is 8.15. The maximum atomic E-state index is 13.3. The molecule has 0 unspecified atom stereocenters. The van der Waals surface area contributed by atoms with E-state index in [4.69, 9.17) is 5.73 Å². The molecule has 3 N–H and O–H groups in total. The first-order valence-electron chi connectivity index (χ1n) is 6.50. The van der Waals surface area contributed by atoms with Gasteiger partial charge >= 0.3 is 6.03 Å². The van der Waals surface area contributed by atoms with Crippen LogP contribution in [-0.4, -0.2) is 11.0 Å². The fourth-order valence-electron chi connectivity index (χ4n) is 2.03. The van der Waals surface area contributed by atoms with E-state index in [2.05, 4.69) is 10.3 Å². The quantitative estimate of drug-likeness (QED) is 0.764. The highest BCUT2D eigenvalue weighted by molar-refractivity contribution is 7.13. The number of urea groups is 1. The number of primary amides is 1. The number of nitrogens with zero attached hydrogens (tertiary/aromatic N) is 1. The van der Waals surface area contributed by atoms with E-state index in [1.54, 1.807) is 18.2 Å². The first-order chi connectivity index (χ1) is 10.6. The van der Waals surface area contributed by atoms with Crippen LogP contribution in [-0.2, 0) is 0 Å². The summed E-state index contributed by atoms with van der Waals surface area (Å²) in [6.07, 6.45) is 0. The average Bonchev–Trinajstić information content (AvgIpc) is 2.97. The van der Waals surface area contributed by atoms with E-state index in [0.29, 0.717) is 5.69 Å². The number of amides is 2. The molecule has 3 aromatic rings. The summed E-state index contributed by atoms with van der Waals surface area (Å²) >= 11 is 1.45. The van der Waals surface area contributed by atoms with Gasteiger partial charge in [-0.15, -0.1) is 11.3 Å². The molecule has 0 spiro atoms. The number of nitrogens with one attached hydrogen (secondary N) is 1. The topological polar surface area (TPSA) is 68.0 Å². The molecule has 1 heterocycles. The highest BCUT2D eigenvalue weighted by atomic mass is 32.1. The Balaban J connectivity index is 1.86. The number of halogens is 1. The smallest absolute Gasteiger partial charge is 0.316 e. The van der Waals surface area contributed by atoms with Gasteiger partial charge in [0.1, 0.15) is 10.8 Å².